The molecule has 0 aliphatic heterocycles. The van der Waals surface area contributed by atoms with Gasteiger partial charge in [0.15, 0.2) is 0 Å². The van der Waals surface area contributed by atoms with Gasteiger partial charge in [-0.2, -0.15) is 0 Å². The highest BCUT2D eigenvalue weighted by molar-refractivity contribution is 6.56. The van der Waals surface area contributed by atoms with E-state index in [1.807, 2.05) is 6.92 Å². The predicted molar refractivity (Wildman–Crippen MR) is 37.1 cm³/mol. The van der Waals surface area contributed by atoms with Crippen molar-refractivity contribution in [3.63, 3.8) is 0 Å². The standard InChI is InChI=1S/C6H8Cl2/c1-4(6(7)8)5-2-3-5/h5H,2-3H2,1H3. The largest absolute Gasteiger partial charge is 0.106 e. The van der Waals surface area contributed by atoms with E-state index in [4.69, 9.17) is 23.2 Å². The van der Waals surface area contributed by atoms with Gasteiger partial charge in [0.2, 0.25) is 0 Å². The molecule has 0 aromatic carbocycles. The summed E-state index contributed by atoms with van der Waals surface area (Å²) in [4.78, 5) is 0. The van der Waals surface area contributed by atoms with E-state index in [-0.39, 0.29) is 0 Å². The molecule has 1 fully saturated rings. The molecule has 46 valence electrons. The summed E-state index contributed by atoms with van der Waals surface area (Å²) in [7, 11) is 0. The summed E-state index contributed by atoms with van der Waals surface area (Å²) in [5.41, 5.74) is 1.16. The van der Waals surface area contributed by atoms with Crippen molar-refractivity contribution in [3.8, 4) is 0 Å². The lowest BCUT2D eigenvalue weighted by molar-refractivity contribution is 1.01. The van der Waals surface area contributed by atoms with Gasteiger partial charge in [-0.1, -0.05) is 23.2 Å². The highest BCUT2D eigenvalue weighted by Crippen LogP contribution is 2.39. The lowest BCUT2D eigenvalue weighted by Gasteiger charge is -1.92. The van der Waals surface area contributed by atoms with Crippen LogP contribution in [0.25, 0.3) is 0 Å². The van der Waals surface area contributed by atoms with Crippen LogP contribution in [0.15, 0.2) is 10.1 Å². The second-order valence-electron chi connectivity index (χ2n) is 2.22. The first-order valence-electron chi connectivity index (χ1n) is 2.73. The van der Waals surface area contributed by atoms with Crippen LogP contribution < -0.4 is 0 Å². The van der Waals surface area contributed by atoms with Crippen LogP contribution in [-0.4, -0.2) is 0 Å². The summed E-state index contributed by atoms with van der Waals surface area (Å²) in [5.74, 6) is 0.708. The Bertz CT molecular complexity index is 118. The van der Waals surface area contributed by atoms with Crippen LogP contribution in [0.1, 0.15) is 19.8 Å². The molecule has 0 amide bonds. The molecule has 1 saturated carbocycles. The number of allylic oxidation sites excluding steroid dienone is 1. The zero-order valence-electron chi connectivity index (χ0n) is 4.75. The first-order chi connectivity index (χ1) is 3.72. The number of rotatable bonds is 1. The van der Waals surface area contributed by atoms with E-state index in [9.17, 15) is 0 Å². The second-order valence-corrected chi connectivity index (χ2v) is 3.17. The van der Waals surface area contributed by atoms with Crippen LogP contribution in [0.3, 0.4) is 0 Å². The number of halogens is 2. The van der Waals surface area contributed by atoms with Crippen molar-refractivity contribution < 1.29 is 0 Å². The highest BCUT2D eigenvalue weighted by Gasteiger charge is 2.24. The minimum atomic E-state index is 0.465. The molecular formula is C6H8Cl2. The maximum Gasteiger partial charge on any atom is 0.106 e. The van der Waals surface area contributed by atoms with Crippen molar-refractivity contribution >= 4 is 23.2 Å². The number of hydrogen-bond donors (Lipinski definition) is 0. The Balaban J connectivity index is 2.54. The zero-order valence-corrected chi connectivity index (χ0v) is 6.26. The van der Waals surface area contributed by atoms with Crippen molar-refractivity contribution in [1.82, 2.24) is 0 Å². The normalized spacial score (nSPS) is 18.4. The van der Waals surface area contributed by atoms with E-state index in [0.717, 1.165) is 5.57 Å². The maximum atomic E-state index is 5.51. The smallest absolute Gasteiger partial charge is 0.0709 e. The SMILES string of the molecule is CC(=C(Cl)Cl)C1CC1. The topological polar surface area (TPSA) is 0 Å². The Morgan fingerprint density at radius 3 is 2.00 bits per heavy atom. The van der Waals surface area contributed by atoms with Gasteiger partial charge in [-0.3, -0.25) is 0 Å². The van der Waals surface area contributed by atoms with Gasteiger partial charge >= 0.3 is 0 Å². The van der Waals surface area contributed by atoms with Crippen LogP contribution in [-0.2, 0) is 0 Å². The molecule has 8 heavy (non-hydrogen) atoms. The molecule has 0 spiro atoms. The Morgan fingerprint density at radius 1 is 1.38 bits per heavy atom. The second kappa shape index (κ2) is 2.28. The molecule has 0 unspecified atom stereocenters. The molecule has 0 aromatic heterocycles. The van der Waals surface area contributed by atoms with E-state index in [2.05, 4.69) is 0 Å². The van der Waals surface area contributed by atoms with Gasteiger partial charge in [0.05, 0.1) is 0 Å². The third-order valence-electron chi connectivity index (χ3n) is 1.49. The average molecular weight is 151 g/mol. The Morgan fingerprint density at radius 2 is 1.88 bits per heavy atom. The van der Waals surface area contributed by atoms with Gasteiger partial charge in [0.25, 0.3) is 0 Å². The molecule has 0 atom stereocenters. The van der Waals surface area contributed by atoms with E-state index in [0.29, 0.717) is 10.4 Å². The van der Waals surface area contributed by atoms with Crippen LogP contribution in [0.4, 0.5) is 0 Å². The molecule has 0 nitrogen and oxygen atoms in total. The minimum Gasteiger partial charge on any atom is -0.0709 e. The monoisotopic (exact) mass is 150 g/mol. The Labute approximate surface area is 59.5 Å². The molecule has 0 saturated heterocycles. The lowest BCUT2D eigenvalue weighted by atomic mass is 10.2. The van der Waals surface area contributed by atoms with Gasteiger partial charge in [0.1, 0.15) is 4.49 Å². The quantitative estimate of drug-likeness (QED) is 0.540. The summed E-state index contributed by atoms with van der Waals surface area (Å²) >= 11 is 11.0. The van der Waals surface area contributed by atoms with Gasteiger partial charge in [-0.05, 0) is 31.3 Å². The molecule has 0 radical (unpaired) electrons. The molecule has 0 N–H and O–H groups in total. The third-order valence-corrected chi connectivity index (χ3v) is 2.08. The van der Waals surface area contributed by atoms with E-state index >= 15 is 0 Å². The van der Waals surface area contributed by atoms with E-state index in [1.54, 1.807) is 0 Å². The summed E-state index contributed by atoms with van der Waals surface area (Å²) in [5, 5.41) is 0. The Kier molecular flexibility index (Phi) is 1.84. The molecule has 1 rings (SSSR count). The van der Waals surface area contributed by atoms with Gasteiger partial charge in [0, 0.05) is 0 Å². The summed E-state index contributed by atoms with van der Waals surface area (Å²) in [6.45, 7) is 1.99. The van der Waals surface area contributed by atoms with Crippen molar-refractivity contribution in [2.24, 2.45) is 5.92 Å². The van der Waals surface area contributed by atoms with Crippen LogP contribution in [0.5, 0.6) is 0 Å². The molecule has 1 aliphatic carbocycles. The first kappa shape index (κ1) is 6.44. The summed E-state index contributed by atoms with van der Waals surface area (Å²) in [6, 6.07) is 0. The van der Waals surface area contributed by atoms with Crippen molar-refractivity contribution in [1.29, 1.82) is 0 Å². The molecule has 0 bridgehead atoms. The fourth-order valence-electron chi connectivity index (χ4n) is 0.671. The summed E-state index contributed by atoms with van der Waals surface area (Å²) in [6.07, 6.45) is 2.55. The molecule has 1 aliphatic rings. The Hall–Kier alpha value is 0.320. The van der Waals surface area contributed by atoms with Gasteiger partial charge < -0.3 is 0 Å². The van der Waals surface area contributed by atoms with Crippen LogP contribution in [0, 0.1) is 5.92 Å². The zero-order chi connectivity index (χ0) is 6.15. The van der Waals surface area contributed by atoms with Crippen molar-refractivity contribution in [2.75, 3.05) is 0 Å². The van der Waals surface area contributed by atoms with Crippen molar-refractivity contribution in [3.05, 3.63) is 10.1 Å². The average Bonchev–Trinajstić information content (AvgIpc) is 2.43. The van der Waals surface area contributed by atoms with Crippen LogP contribution in [0.2, 0.25) is 0 Å². The maximum absolute atomic E-state index is 5.51. The van der Waals surface area contributed by atoms with Crippen molar-refractivity contribution in [2.45, 2.75) is 19.8 Å². The number of hydrogen-bond acceptors (Lipinski definition) is 0. The fourth-order valence-corrected chi connectivity index (χ4v) is 0.979. The molecular weight excluding hydrogens is 143 g/mol. The molecule has 0 aromatic rings. The van der Waals surface area contributed by atoms with E-state index in [1.165, 1.54) is 12.8 Å². The highest BCUT2D eigenvalue weighted by atomic mass is 35.5. The van der Waals surface area contributed by atoms with E-state index < -0.39 is 0 Å². The third kappa shape index (κ3) is 1.40. The first-order valence-corrected chi connectivity index (χ1v) is 3.49. The minimum absolute atomic E-state index is 0.465. The molecule has 0 heterocycles. The molecule has 2 heteroatoms. The summed E-state index contributed by atoms with van der Waals surface area (Å²) < 4.78 is 0.465. The van der Waals surface area contributed by atoms with Crippen LogP contribution >= 0.6 is 23.2 Å². The fraction of sp³-hybridized carbons (Fsp3) is 0.667. The lowest BCUT2D eigenvalue weighted by Crippen LogP contribution is -1.76. The van der Waals surface area contributed by atoms with Gasteiger partial charge in [-0.25, -0.2) is 0 Å². The predicted octanol–water partition coefficient (Wildman–Crippen LogP) is 3.11. The van der Waals surface area contributed by atoms with Gasteiger partial charge in [-0.15, -0.1) is 0 Å².